The average Bonchev–Trinajstić information content (AvgIpc) is 3.48. The molecule has 3 N–H and O–H groups in total. The number of nitrogens with zero attached hydrogens (tertiary/aromatic N) is 6. The molecule has 0 bridgehead atoms. The summed E-state index contributed by atoms with van der Waals surface area (Å²) in [5.74, 6) is 0.388. The van der Waals surface area contributed by atoms with Crippen molar-refractivity contribution in [1.82, 2.24) is 36.0 Å². The van der Waals surface area contributed by atoms with Crippen molar-refractivity contribution in [2.75, 3.05) is 29.9 Å². The molecule has 5 rings (SSSR count). The Balaban J connectivity index is 1.45. The Kier molecular flexibility index (Phi) is 8.52. The van der Waals surface area contributed by atoms with E-state index in [0.29, 0.717) is 42.3 Å². The van der Waals surface area contributed by atoms with E-state index in [9.17, 15) is 14.4 Å². The van der Waals surface area contributed by atoms with Gasteiger partial charge in [-0.05, 0) is 53.6 Å². The molecule has 0 fully saturated rings. The molecule has 12 heteroatoms. The van der Waals surface area contributed by atoms with Crippen LogP contribution in [-0.4, -0.2) is 68.1 Å². The van der Waals surface area contributed by atoms with Crippen molar-refractivity contribution in [3.63, 3.8) is 0 Å². The highest BCUT2D eigenvalue weighted by Crippen LogP contribution is 2.35. The molecule has 4 aromatic rings. The maximum atomic E-state index is 14.0. The highest BCUT2D eigenvalue weighted by Gasteiger charge is 2.32. The van der Waals surface area contributed by atoms with E-state index in [-0.39, 0.29) is 12.5 Å². The summed E-state index contributed by atoms with van der Waals surface area (Å²) in [6.45, 7) is 4.63. The molecular formula is C30H31N9O3. The van der Waals surface area contributed by atoms with Crippen LogP contribution < -0.4 is 15.6 Å². The van der Waals surface area contributed by atoms with Gasteiger partial charge in [-0.25, -0.2) is 25.1 Å². The summed E-state index contributed by atoms with van der Waals surface area (Å²) in [4.78, 5) is 43.5. The second-order valence-corrected chi connectivity index (χ2v) is 9.52. The Bertz CT molecular complexity index is 1580. The zero-order valence-electron chi connectivity index (χ0n) is 23.3. The Morgan fingerprint density at radius 3 is 2.45 bits per heavy atom. The zero-order chi connectivity index (χ0) is 29.5. The number of urea groups is 2. The number of H-pyrrole nitrogens is 1. The lowest BCUT2D eigenvalue weighted by molar-refractivity contribution is -0.129. The number of para-hydroxylation sites is 1. The van der Waals surface area contributed by atoms with Gasteiger partial charge in [-0.1, -0.05) is 60.7 Å². The highest BCUT2D eigenvalue weighted by molar-refractivity contribution is 6.05. The smallest absolute Gasteiger partial charge is 0.342 e. The largest absolute Gasteiger partial charge is 0.347 e. The lowest BCUT2D eigenvalue weighted by Gasteiger charge is -2.29. The maximum absolute atomic E-state index is 14.0. The monoisotopic (exact) mass is 565 g/mol. The SMILES string of the molecule is CCN(CC)C(=O)CN1C(=O)N(NC(=O)Nc2cccc(Cc3nnn[nH]3)c2)C=C(c2ccccc2)c2ccccc21. The van der Waals surface area contributed by atoms with Crippen LogP contribution in [0.1, 0.15) is 36.4 Å². The lowest BCUT2D eigenvalue weighted by Crippen LogP contribution is -2.52. The van der Waals surface area contributed by atoms with Crippen molar-refractivity contribution in [1.29, 1.82) is 0 Å². The fourth-order valence-corrected chi connectivity index (χ4v) is 4.79. The molecule has 5 amide bonds. The van der Waals surface area contributed by atoms with E-state index < -0.39 is 12.1 Å². The minimum atomic E-state index is -0.633. The van der Waals surface area contributed by atoms with E-state index in [2.05, 4.69) is 31.4 Å². The predicted molar refractivity (Wildman–Crippen MR) is 158 cm³/mol. The molecule has 0 atom stereocenters. The summed E-state index contributed by atoms with van der Waals surface area (Å²) in [6.07, 6.45) is 2.04. The molecule has 1 aliphatic heterocycles. The molecule has 42 heavy (non-hydrogen) atoms. The fraction of sp³-hybridized carbons (Fsp3) is 0.200. The number of nitrogens with one attached hydrogen (secondary N) is 3. The molecule has 3 aromatic carbocycles. The van der Waals surface area contributed by atoms with Crippen LogP contribution >= 0.6 is 0 Å². The van der Waals surface area contributed by atoms with Gasteiger partial charge in [0.2, 0.25) is 5.91 Å². The van der Waals surface area contributed by atoms with E-state index in [1.807, 2.05) is 68.4 Å². The van der Waals surface area contributed by atoms with Crippen molar-refractivity contribution in [2.24, 2.45) is 0 Å². The number of hydrogen-bond donors (Lipinski definition) is 3. The molecule has 0 radical (unpaired) electrons. The van der Waals surface area contributed by atoms with Crippen LogP contribution in [0.3, 0.4) is 0 Å². The molecule has 214 valence electrons. The van der Waals surface area contributed by atoms with Gasteiger partial charge in [-0.15, -0.1) is 5.10 Å². The number of aromatic amines is 1. The standard InChI is InChI=1S/C30H31N9O3/c1-3-37(4-2)28(40)20-38-26-16-9-8-15-24(26)25(22-12-6-5-7-13-22)19-39(30(38)42)34-29(41)31-23-14-10-11-21(17-23)18-27-32-35-36-33-27/h5-17,19H,3-4,18,20H2,1-2H3,(H2,31,34,41)(H,32,33,35,36). The summed E-state index contributed by atoms with van der Waals surface area (Å²) < 4.78 is 0. The summed E-state index contributed by atoms with van der Waals surface area (Å²) in [5, 5.41) is 17.7. The van der Waals surface area contributed by atoms with Crippen molar-refractivity contribution < 1.29 is 14.4 Å². The third-order valence-corrected chi connectivity index (χ3v) is 6.84. The van der Waals surface area contributed by atoms with Crippen molar-refractivity contribution in [3.8, 4) is 0 Å². The number of aromatic nitrogens is 4. The second kappa shape index (κ2) is 12.8. The molecular weight excluding hydrogens is 534 g/mol. The number of carbonyl (C=O) groups is 3. The molecule has 12 nitrogen and oxygen atoms in total. The quantitative estimate of drug-likeness (QED) is 0.280. The number of hydrazine groups is 1. The topological polar surface area (TPSA) is 139 Å². The number of tetrazole rings is 1. The van der Waals surface area contributed by atoms with Gasteiger partial charge in [0.1, 0.15) is 6.54 Å². The van der Waals surface area contributed by atoms with Crippen LogP contribution in [0.4, 0.5) is 21.0 Å². The van der Waals surface area contributed by atoms with Crippen LogP contribution in [-0.2, 0) is 11.2 Å². The van der Waals surface area contributed by atoms with E-state index in [0.717, 1.165) is 21.7 Å². The Labute approximate surface area is 243 Å². The Morgan fingerprint density at radius 1 is 0.952 bits per heavy atom. The van der Waals surface area contributed by atoms with Gasteiger partial charge in [0, 0.05) is 42.5 Å². The number of amides is 5. The summed E-state index contributed by atoms with van der Waals surface area (Å²) in [7, 11) is 0. The van der Waals surface area contributed by atoms with Gasteiger partial charge in [0.15, 0.2) is 5.82 Å². The number of fused-ring (bicyclic) bond motifs is 1. The Morgan fingerprint density at radius 2 is 1.71 bits per heavy atom. The number of carbonyl (C=O) groups excluding carboxylic acids is 3. The van der Waals surface area contributed by atoms with Crippen LogP contribution in [0.5, 0.6) is 0 Å². The van der Waals surface area contributed by atoms with E-state index >= 15 is 0 Å². The summed E-state index contributed by atoms with van der Waals surface area (Å²) >= 11 is 0. The third kappa shape index (κ3) is 6.28. The van der Waals surface area contributed by atoms with E-state index in [1.165, 1.54) is 4.90 Å². The number of likely N-dealkylation sites (N-methyl/N-ethyl adjacent to an activating group) is 1. The number of hydrogen-bond acceptors (Lipinski definition) is 6. The van der Waals surface area contributed by atoms with Crippen molar-refractivity contribution in [3.05, 3.63) is 108 Å². The lowest BCUT2D eigenvalue weighted by atomic mass is 9.97. The van der Waals surface area contributed by atoms with Gasteiger partial charge in [0.25, 0.3) is 0 Å². The maximum Gasteiger partial charge on any atom is 0.347 e. The van der Waals surface area contributed by atoms with Crippen LogP contribution in [0.15, 0.2) is 85.1 Å². The van der Waals surface area contributed by atoms with E-state index in [1.54, 1.807) is 35.4 Å². The molecule has 1 aliphatic rings. The average molecular weight is 566 g/mol. The zero-order valence-corrected chi connectivity index (χ0v) is 23.3. The summed E-state index contributed by atoms with van der Waals surface area (Å²) in [5.41, 5.74) is 6.93. The van der Waals surface area contributed by atoms with E-state index in [4.69, 9.17) is 0 Å². The fourth-order valence-electron chi connectivity index (χ4n) is 4.79. The van der Waals surface area contributed by atoms with Crippen molar-refractivity contribution >= 4 is 34.9 Å². The highest BCUT2D eigenvalue weighted by atomic mass is 16.2. The molecule has 1 aromatic heterocycles. The number of benzene rings is 3. The number of anilines is 2. The van der Waals surface area contributed by atoms with Gasteiger partial charge < -0.3 is 10.2 Å². The van der Waals surface area contributed by atoms with Crippen LogP contribution in [0.2, 0.25) is 0 Å². The molecule has 0 saturated heterocycles. The van der Waals surface area contributed by atoms with Gasteiger partial charge in [-0.2, -0.15) is 0 Å². The van der Waals surface area contributed by atoms with Crippen molar-refractivity contribution in [2.45, 2.75) is 20.3 Å². The van der Waals surface area contributed by atoms with Crippen LogP contribution in [0, 0.1) is 0 Å². The second-order valence-electron chi connectivity index (χ2n) is 9.52. The molecule has 2 heterocycles. The van der Waals surface area contributed by atoms with Gasteiger partial charge in [0.05, 0.1) is 5.69 Å². The Hall–Kier alpha value is -5.52. The first-order chi connectivity index (χ1) is 20.5. The first-order valence-corrected chi connectivity index (χ1v) is 13.6. The molecule has 0 aliphatic carbocycles. The first-order valence-electron chi connectivity index (χ1n) is 13.6. The molecule has 0 spiro atoms. The minimum absolute atomic E-state index is 0.189. The molecule has 0 unspecified atom stereocenters. The van der Waals surface area contributed by atoms with Gasteiger partial charge in [-0.3, -0.25) is 9.69 Å². The van der Waals surface area contributed by atoms with Crippen LogP contribution in [0.25, 0.3) is 5.57 Å². The number of rotatable bonds is 9. The predicted octanol–water partition coefficient (Wildman–Crippen LogP) is 4.03. The minimum Gasteiger partial charge on any atom is -0.342 e. The third-order valence-electron chi connectivity index (χ3n) is 6.84. The van der Waals surface area contributed by atoms with Gasteiger partial charge >= 0.3 is 12.1 Å². The molecule has 0 saturated carbocycles. The summed E-state index contributed by atoms with van der Waals surface area (Å²) in [6, 6.07) is 23.0. The normalized spacial score (nSPS) is 12.7. The first kappa shape index (κ1) is 28.0.